The normalized spacial score (nSPS) is 10.6. The second kappa shape index (κ2) is 5.32. The second-order valence-electron chi connectivity index (χ2n) is 5.08. The van der Waals surface area contributed by atoms with Crippen LogP contribution in [0.4, 0.5) is 0 Å². The smallest absolute Gasteiger partial charge is 0.153 e. The zero-order valence-electron chi connectivity index (χ0n) is 11.9. The predicted molar refractivity (Wildman–Crippen MR) is 81.7 cm³/mol. The van der Waals surface area contributed by atoms with Crippen molar-refractivity contribution in [2.75, 3.05) is 0 Å². The summed E-state index contributed by atoms with van der Waals surface area (Å²) in [4.78, 5) is 15.3. The first kappa shape index (κ1) is 13.2. The van der Waals surface area contributed by atoms with Crippen LogP contribution in [0.2, 0.25) is 0 Å². The average Bonchev–Trinajstić information content (AvgIpc) is 2.91. The second-order valence-corrected chi connectivity index (χ2v) is 5.08. The van der Waals surface area contributed by atoms with Crippen LogP contribution in [0.25, 0.3) is 16.9 Å². The minimum absolute atomic E-state index is 0.580. The number of carbonyl (C=O) groups is 1. The van der Waals surface area contributed by atoms with Crippen LogP contribution in [-0.2, 0) is 0 Å². The Bertz CT molecular complexity index is 771. The summed E-state index contributed by atoms with van der Waals surface area (Å²) in [6, 6.07) is 9.89. The highest BCUT2D eigenvalue weighted by molar-refractivity contribution is 5.85. The van der Waals surface area contributed by atoms with E-state index < -0.39 is 0 Å². The number of benzene rings is 1. The Balaban J connectivity index is 2.14. The highest BCUT2D eigenvalue weighted by atomic mass is 16.1. The summed E-state index contributed by atoms with van der Waals surface area (Å²) in [7, 11) is 0. The number of hydrogen-bond donors (Lipinski definition) is 0. The van der Waals surface area contributed by atoms with E-state index in [4.69, 9.17) is 0 Å². The molecule has 0 saturated heterocycles. The van der Waals surface area contributed by atoms with E-state index in [-0.39, 0.29) is 0 Å². The molecule has 0 unspecified atom stereocenters. The minimum atomic E-state index is 0.580. The van der Waals surface area contributed by atoms with E-state index in [1.807, 2.05) is 38.1 Å². The van der Waals surface area contributed by atoms with E-state index in [9.17, 15) is 4.79 Å². The Hall–Kier alpha value is -2.75. The first-order valence-corrected chi connectivity index (χ1v) is 6.71. The van der Waals surface area contributed by atoms with E-state index in [0.29, 0.717) is 11.3 Å². The lowest BCUT2D eigenvalue weighted by molar-refractivity contribution is 0.112. The zero-order chi connectivity index (χ0) is 14.8. The van der Waals surface area contributed by atoms with Crippen LogP contribution in [0.3, 0.4) is 0 Å². The van der Waals surface area contributed by atoms with Crippen LogP contribution in [0, 0.1) is 13.8 Å². The van der Waals surface area contributed by atoms with Gasteiger partial charge in [0.2, 0.25) is 0 Å². The third-order valence-corrected chi connectivity index (χ3v) is 3.29. The van der Waals surface area contributed by atoms with Gasteiger partial charge < -0.3 is 0 Å². The van der Waals surface area contributed by atoms with Gasteiger partial charge in [0, 0.05) is 24.2 Å². The molecule has 0 aliphatic rings. The van der Waals surface area contributed by atoms with E-state index in [1.54, 1.807) is 23.3 Å². The van der Waals surface area contributed by atoms with Crippen molar-refractivity contribution in [3.63, 3.8) is 0 Å². The maximum Gasteiger partial charge on any atom is 0.153 e. The summed E-state index contributed by atoms with van der Waals surface area (Å²) < 4.78 is 1.71. The number of aldehydes is 1. The quantitative estimate of drug-likeness (QED) is 0.690. The molecule has 0 N–H and O–H groups in total. The van der Waals surface area contributed by atoms with Crippen molar-refractivity contribution in [2.24, 2.45) is 0 Å². The molecule has 0 aliphatic carbocycles. The van der Waals surface area contributed by atoms with Crippen LogP contribution in [0.5, 0.6) is 0 Å². The Kier molecular flexibility index (Phi) is 3.36. The fourth-order valence-electron chi connectivity index (χ4n) is 2.44. The fraction of sp³-hybridized carbons (Fsp3) is 0.118. The minimum Gasteiger partial charge on any atom is -0.298 e. The molecule has 0 bridgehead atoms. The Morgan fingerprint density at radius 3 is 2.33 bits per heavy atom. The maximum absolute atomic E-state index is 11.3. The van der Waals surface area contributed by atoms with E-state index in [0.717, 1.165) is 28.7 Å². The molecule has 0 spiro atoms. The first-order chi connectivity index (χ1) is 10.2. The van der Waals surface area contributed by atoms with Gasteiger partial charge in [0.15, 0.2) is 6.29 Å². The van der Waals surface area contributed by atoms with Gasteiger partial charge in [0.05, 0.1) is 11.3 Å². The third-order valence-electron chi connectivity index (χ3n) is 3.29. The van der Waals surface area contributed by atoms with Gasteiger partial charge in [-0.3, -0.25) is 9.78 Å². The summed E-state index contributed by atoms with van der Waals surface area (Å²) in [5.41, 5.74) is 5.43. The molecule has 3 aromatic rings. The lowest BCUT2D eigenvalue weighted by atomic mass is 10.0. The topological polar surface area (TPSA) is 47.8 Å². The number of nitrogens with zero attached hydrogens (tertiary/aromatic N) is 3. The fourth-order valence-corrected chi connectivity index (χ4v) is 2.44. The first-order valence-electron chi connectivity index (χ1n) is 6.71. The van der Waals surface area contributed by atoms with Crippen molar-refractivity contribution >= 4 is 6.29 Å². The van der Waals surface area contributed by atoms with Gasteiger partial charge >= 0.3 is 0 Å². The van der Waals surface area contributed by atoms with Crippen LogP contribution < -0.4 is 0 Å². The van der Waals surface area contributed by atoms with E-state index in [1.165, 1.54) is 0 Å². The monoisotopic (exact) mass is 277 g/mol. The lowest BCUT2D eigenvalue weighted by Gasteiger charge is -2.03. The number of rotatable bonds is 3. The zero-order valence-corrected chi connectivity index (χ0v) is 11.9. The molecule has 0 saturated carbocycles. The summed E-state index contributed by atoms with van der Waals surface area (Å²) in [5.74, 6) is 0. The van der Waals surface area contributed by atoms with Gasteiger partial charge in [-0.15, -0.1) is 0 Å². The van der Waals surface area contributed by atoms with Gasteiger partial charge in [0.25, 0.3) is 0 Å². The summed E-state index contributed by atoms with van der Waals surface area (Å²) in [6.45, 7) is 4.08. The molecule has 0 amide bonds. The van der Waals surface area contributed by atoms with Crippen molar-refractivity contribution in [1.29, 1.82) is 0 Å². The van der Waals surface area contributed by atoms with Crippen LogP contribution >= 0.6 is 0 Å². The number of aryl methyl sites for hydroxylation is 2. The van der Waals surface area contributed by atoms with Crippen molar-refractivity contribution in [3.8, 4) is 16.9 Å². The number of aromatic nitrogens is 3. The molecule has 0 radical (unpaired) electrons. The number of pyridine rings is 1. The maximum atomic E-state index is 11.3. The van der Waals surface area contributed by atoms with Crippen molar-refractivity contribution in [1.82, 2.24) is 14.8 Å². The highest BCUT2D eigenvalue weighted by Gasteiger charge is 2.12. The number of hydrogen-bond acceptors (Lipinski definition) is 3. The molecule has 4 heteroatoms. The molecule has 2 aromatic heterocycles. The van der Waals surface area contributed by atoms with Gasteiger partial charge in [-0.05, 0) is 38.1 Å². The third kappa shape index (κ3) is 2.60. The number of carbonyl (C=O) groups excluding carboxylic acids is 1. The lowest BCUT2D eigenvalue weighted by Crippen LogP contribution is -1.94. The Labute approximate surface area is 123 Å². The molecule has 1 aromatic carbocycles. The largest absolute Gasteiger partial charge is 0.298 e. The van der Waals surface area contributed by atoms with Crippen LogP contribution in [-0.4, -0.2) is 21.1 Å². The molecule has 0 aliphatic heterocycles. The molecule has 104 valence electrons. The van der Waals surface area contributed by atoms with E-state index >= 15 is 0 Å². The molecule has 0 fully saturated rings. The van der Waals surface area contributed by atoms with Crippen molar-refractivity contribution < 1.29 is 4.79 Å². The van der Waals surface area contributed by atoms with Crippen LogP contribution in [0.15, 0.2) is 48.9 Å². The molecule has 3 rings (SSSR count). The van der Waals surface area contributed by atoms with Gasteiger partial charge in [0.1, 0.15) is 5.69 Å². The Morgan fingerprint density at radius 2 is 1.71 bits per heavy atom. The molecule has 2 heterocycles. The highest BCUT2D eigenvalue weighted by Crippen LogP contribution is 2.24. The summed E-state index contributed by atoms with van der Waals surface area (Å²) in [6.07, 6.45) is 6.00. The SMILES string of the molecule is Cc1cc(C)cc(-c2nn(-c3ccncc3)cc2C=O)c1. The molecule has 21 heavy (non-hydrogen) atoms. The standard InChI is InChI=1S/C17H15N3O/c1-12-7-13(2)9-14(8-12)17-15(11-21)10-20(19-17)16-3-5-18-6-4-16/h3-11H,1-2H3. The summed E-state index contributed by atoms with van der Waals surface area (Å²) in [5, 5.41) is 4.56. The molecule has 0 atom stereocenters. The Morgan fingerprint density at radius 1 is 1.05 bits per heavy atom. The van der Waals surface area contributed by atoms with Crippen LogP contribution in [0.1, 0.15) is 21.5 Å². The molecular weight excluding hydrogens is 262 g/mol. The van der Waals surface area contributed by atoms with Gasteiger partial charge in [-0.25, -0.2) is 4.68 Å². The molecular formula is C17H15N3O. The predicted octanol–water partition coefficient (Wildman–Crippen LogP) is 3.36. The van der Waals surface area contributed by atoms with Gasteiger partial charge in [-0.2, -0.15) is 5.10 Å². The van der Waals surface area contributed by atoms with Crippen molar-refractivity contribution in [3.05, 3.63) is 65.6 Å². The average molecular weight is 277 g/mol. The molecule has 4 nitrogen and oxygen atoms in total. The van der Waals surface area contributed by atoms with Crippen molar-refractivity contribution in [2.45, 2.75) is 13.8 Å². The van der Waals surface area contributed by atoms with Gasteiger partial charge in [-0.1, -0.05) is 17.2 Å². The van der Waals surface area contributed by atoms with E-state index in [2.05, 4.69) is 16.1 Å². The summed E-state index contributed by atoms with van der Waals surface area (Å²) >= 11 is 0.